The van der Waals surface area contributed by atoms with Crippen molar-refractivity contribution in [1.29, 1.82) is 0 Å². The molecule has 106 valence electrons. The highest BCUT2D eigenvalue weighted by Crippen LogP contribution is 2.25. The van der Waals surface area contributed by atoms with Crippen LogP contribution in [0.1, 0.15) is 40.0 Å². The highest BCUT2D eigenvalue weighted by Gasteiger charge is 2.30. The van der Waals surface area contributed by atoms with Gasteiger partial charge in [0.1, 0.15) is 0 Å². The van der Waals surface area contributed by atoms with Gasteiger partial charge in [-0.05, 0) is 37.5 Å². The van der Waals surface area contributed by atoms with Gasteiger partial charge in [0, 0.05) is 17.2 Å². The van der Waals surface area contributed by atoms with E-state index in [0.717, 1.165) is 0 Å². The van der Waals surface area contributed by atoms with Crippen molar-refractivity contribution in [2.45, 2.75) is 25.3 Å². The average Bonchev–Trinajstić information content (AvgIpc) is 2.87. The minimum atomic E-state index is -0.822. The Labute approximate surface area is 116 Å². The summed E-state index contributed by atoms with van der Waals surface area (Å²) in [6, 6.07) is 6.01. The van der Waals surface area contributed by atoms with E-state index in [-0.39, 0.29) is 17.5 Å². The fourth-order valence-corrected chi connectivity index (χ4v) is 2.42. The highest BCUT2D eigenvalue weighted by atomic mass is 16.4. The van der Waals surface area contributed by atoms with Crippen LogP contribution >= 0.6 is 0 Å². The van der Waals surface area contributed by atoms with Gasteiger partial charge in [0.25, 0.3) is 5.91 Å². The maximum Gasteiger partial charge on any atom is 0.306 e. The summed E-state index contributed by atoms with van der Waals surface area (Å²) in [6.45, 7) is 0. The van der Waals surface area contributed by atoms with Crippen LogP contribution in [0.5, 0.6) is 0 Å². The molecule has 2 atom stereocenters. The van der Waals surface area contributed by atoms with Gasteiger partial charge in [0.2, 0.25) is 5.91 Å². The van der Waals surface area contributed by atoms with Crippen molar-refractivity contribution < 1.29 is 19.5 Å². The largest absolute Gasteiger partial charge is 0.481 e. The third-order valence-corrected chi connectivity index (χ3v) is 3.53. The lowest BCUT2D eigenvalue weighted by molar-refractivity contribution is -0.141. The number of carbonyl (C=O) groups excluding carboxylic acids is 2. The molecule has 1 aromatic rings. The number of carbonyl (C=O) groups is 3. The number of nitrogens with two attached hydrogens (primary N) is 1. The smallest absolute Gasteiger partial charge is 0.306 e. The number of rotatable bonds is 4. The van der Waals surface area contributed by atoms with Gasteiger partial charge >= 0.3 is 5.97 Å². The normalized spacial score (nSPS) is 21.4. The topological polar surface area (TPSA) is 109 Å². The minimum absolute atomic E-state index is 0.138. The Kier molecular flexibility index (Phi) is 4.02. The molecule has 1 aliphatic carbocycles. The predicted octanol–water partition coefficient (Wildman–Crippen LogP) is 0.769. The second-order valence-corrected chi connectivity index (χ2v) is 4.96. The zero-order chi connectivity index (χ0) is 14.7. The average molecular weight is 276 g/mol. The zero-order valence-corrected chi connectivity index (χ0v) is 10.8. The Morgan fingerprint density at radius 3 is 2.50 bits per heavy atom. The number of amides is 2. The van der Waals surface area contributed by atoms with Gasteiger partial charge in [-0.25, -0.2) is 0 Å². The van der Waals surface area contributed by atoms with E-state index in [2.05, 4.69) is 5.32 Å². The summed E-state index contributed by atoms with van der Waals surface area (Å²) in [7, 11) is 0. The first-order valence-electron chi connectivity index (χ1n) is 6.41. The lowest BCUT2D eigenvalue weighted by Crippen LogP contribution is -2.33. The van der Waals surface area contributed by atoms with Crippen LogP contribution in [-0.4, -0.2) is 28.9 Å². The van der Waals surface area contributed by atoms with Gasteiger partial charge in [-0.15, -0.1) is 0 Å². The fraction of sp³-hybridized carbons (Fsp3) is 0.357. The summed E-state index contributed by atoms with van der Waals surface area (Å²) in [5.74, 6) is -2.12. The van der Waals surface area contributed by atoms with E-state index in [1.54, 1.807) is 12.1 Å². The number of carboxylic acids is 1. The van der Waals surface area contributed by atoms with E-state index < -0.39 is 17.8 Å². The van der Waals surface area contributed by atoms with Crippen molar-refractivity contribution >= 4 is 17.8 Å². The third kappa shape index (κ3) is 3.14. The Bertz CT molecular complexity index is 556. The Morgan fingerprint density at radius 2 is 1.90 bits per heavy atom. The summed E-state index contributed by atoms with van der Waals surface area (Å²) in [4.78, 5) is 34.0. The summed E-state index contributed by atoms with van der Waals surface area (Å²) in [6.07, 6.45) is 1.66. The monoisotopic (exact) mass is 276 g/mol. The molecule has 0 saturated heterocycles. The summed E-state index contributed by atoms with van der Waals surface area (Å²) in [5, 5.41) is 11.7. The van der Waals surface area contributed by atoms with Crippen LogP contribution in [0, 0.1) is 5.92 Å². The summed E-state index contributed by atoms with van der Waals surface area (Å²) >= 11 is 0. The van der Waals surface area contributed by atoms with Crippen molar-refractivity contribution in [3.8, 4) is 0 Å². The molecule has 1 saturated carbocycles. The molecule has 4 N–H and O–H groups in total. The Morgan fingerprint density at radius 1 is 1.20 bits per heavy atom. The van der Waals surface area contributed by atoms with Crippen LogP contribution < -0.4 is 11.1 Å². The van der Waals surface area contributed by atoms with E-state index in [9.17, 15) is 14.4 Å². The van der Waals surface area contributed by atoms with Crippen LogP contribution in [0.4, 0.5) is 0 Å². The second kappa shape index (κ2) is 5.73. The number of aliphatic carboxylic acids is 1. The SMILES string of the molecule is NC(=O)c1cccc(C(=O)NC2CCC(C(=O)O)C2)c1. The molecule has 0 bridgehead atoms. The van der Waals surface area contributed by atoms with E-state index in [1.807, 2.05) is 0 Å². The molecule has 0 aliphatic heterocycles. The van der Waals surface area contributed by atoms with Crippen molar-refractivity contribution in [3.63, 3.8) is 0 Å². The van der Waals surface area contributed by atoms with Crippen LogP contribution in [0.15, 0.2) is 24.3 Å². The standard InChI is InChI=1S/C14H16N2O4/c15-12(17)8-2-1-3-9(6-8)13(18)16-11-5-4-10(7-11)14(19)20/h1-3,6,10-11H,4-5,7H2,(H2,15,17)(H,16,18)(H,19,20). The molecule has 0 radical (unpaired) electrons. The van der Waals surface area contributed by atoms with Gasteiger partial charge in [-0.2, -0.15) is 0 Å². The molecular weight excluding hydrogens is 260 g/mol. The van der Waals surface area contributed by atoms with Gasteiger partial charge in [0.15, 0.2) is 0 Å². The fourth-order valence-electron chi connectivity index (χ4n) is 2.42. The summed E-state index contributed by atoms with van der Waals surface area (Å²) < 4.78 is 0. The van der Waals surface area contributed by atoms with Crippen LogP contribution in [0.25, 0.3) is 0 Å². The molecule has 0 heterocycles. The number of primary amides is 1. The van der Waals surface area contributed by atoms with E-state index >= 15 is 0 Å². The molecule has 6 heteroatoms. The first-order valence-corrected chi connectivity index (χ1v) is 6.41. The van der Waals surface area contributed by atoms with E-state index in [4.69, 9.17) is 10.8 Å². The molecule has 20 heavy (non-hydrogen) atoms. The number of hydrogen-bond acceptors (Lipinski definition) is 3. The molecule has 6 nitrogen and oxygen atoms in total. The third-order valence-electron chi connectivity index (χ3n) is 3.53. The maximum absolute atomic E-state index is 12.0. The predicted molar refractivity (Wildman–Crippen MR) is 71.2 cm³/mol. The van der Waals surface area contributed by atoms with Crippen LogP contribution in [0.2, 0.25) is 0 Å². The minimum Gasteiger partial charge on any atom is -0.481 e. The molecule has 0 aromatic heterocycles. The molecule has 2 amide bonds. The lowest BCUT2D eigenvalue weighted by Gasteiger charge is -2.12. The van der Waals surface area contributed by atoms with Gasteiger partial charge < -0.3 is 16.2 Å². The number of carboxylic acid groups (broad SMARTS) is 1. The first kappa shape index (κ1) is 14.0. The van der Waals surface area contributed by atoms with E-state index in [1.165, 1.54) is 12.1 Å². The van der Waals surface area contributed by atoms with Gasteiger partial charge in [0.05, 0.1) is 5.92 Å². The van der Waals surface area contributed by atoms with Crippen molar-refractivity contribution in [1.82, 2.24) is 5.32 Å². The number of hydrogen-bond donors (Lipinski definition) is 3. The Hall–Kier alpha value is -2.37. The van der Waals surface area contributed by atoms with Gasteiger partial charge in [-0.3, -0.25) is 14.4 Å². The molecule has 2 rings (SSSR count). The molecule has 2 unspecified atom stereocenters. The van der Waals surface area contributed by atoms with Crippen LogP contribution in [0.3, 0.4) is 0 Å². The summed E-state index contributed by atoms with van der Waals surface area (Å²) in [5.41, 5.74) is 5.78. The number of nitrogens with one attached hydrogen (secondary N) is 1. The molecule has 1 aromatic carbocycles. The molecular formula is C14H16N2O4. The quantitative estimate of drug-likeness (QED) is 0.754. The van der Waals surface area contributed by atoms with Crippen molar-refractivity contribution in [3.05, 3.63) is 35.4 Å². The van der Waals surface area contributed by atoms with Crippen molar-refractivity contribution in [2.75, 3.05) is 0 Å². The zero-order valence-electron chi connectivity index (χ0n) is 10.8. The highest BCUT2D eigenvalue weighted by molar-refractivity contribution is 5.99. The van der Waals surface area contributed by atoms with Crippen molar-refractivity contribution in [2.24, 2.45) is 11.7 Å². The number of benzene rings is 1. The molecule has 1 fully saturated rings. The first-order chi connectivity index (χ1) is 9.47. The van der Waals surface area contributed by atoms with Gasteiger partial charge in [-0.1, -0.05) is 6.07 Å². The maximum atomic E-state index is 12.0. The lowest BCUT2D eigenvalue weighted by atomic mass is 10.1. The molecule has 1 aliphatic rings. The Balaban J connectivity index is 2.00. The second-order valence-electron chi connectivity index (χ2n) is 4.96. The molecule has 0 spiro atoms. The van der Waals surface area contributed by atoms with E-state index in [0.29, 0.717) is 24.8 Å². The van der Waals surface area contributed by atoms with Crippen LogP contribution in [-0.2, 0) is 4.79 Å².